The van der Waals surface area contributed by atoms with Gasteiger partial charge < -0.3 is 47.5 Å². The first kappa shape index (κ1) is 48.3. The number of carbonyl (C=O) groups is 1. The third-order valence-corrected chi connectivity index (χ3v) is 13.4. The molecule has 0 bridgehead atoms. The minimum Gasteiger partial charge on any atom is -0.497 e. The Morgan fingerprint density at radius 3 is 2.06 bits per heavy atom. The number of amides is 1. The molecular formula is C47H55N8O10P. The molecule has 0 spiro atoms. The molecule has 7 rings (SSSR count). The lowest BCUT2D eigenvalue weighted by Crippen LogP contribution is -2.45. The second-order valence-corrected chi connectivity index (χ2v) is 17.4. The van der Waals surface area contributed by atoms with Gasteiger partial charge >= 0.3 is 0 Å². The first-order valence-electron chi connectivity index (χ1n) is 21.6. The summed E-state index contributed by atoms with van der Waals surface area (Å²) in [5, 5.41) is 21.4. The molecule has 6 atom stereocenters. The number of benzene rings is 3. The Hall–Kier alpha value is -5.63. The lowest BCUT2D eigenvalue weighted by molar-refractivity contribution is -0.201. The van der Waals surface area contributed by atoms with Gasteiger partial charge in [-0.3, -0.25) is 9.36 Å². The van der Waals surface area contributed by atoms with Crippen LogP contribution in [0.1, 0.15) is 70.4 Å². The van der Waals surface area contributed by atoms with E-state index in [1.165, 1.54) is 13.3 Å². The van der Waals surface area contributed by atoms with Crippen molar-refractivity contribution in [2.75, 3.05) is 46.3 Å². The first-order chi connectivity index (χ1) is 32.0. The molecule has 3 unspecified atom stereocenters. The van der Waals surface area contributed by atoms with Gasteiger partial charge in [0.1, 0.15) is 55.3 Å². The minimum absolute atomic E-state index is 0.0546. The van der Waals surface area contributed by atoms with Gasteiger partial charge in [0, 0.05) is 19.0 Å². The number of ether oxygens (including phenoxy) is 7. The number of nitriles is 2. The molecule has 1 saturated carbocycles. The summed E-state index contributed by atoms with van der Waals surface area (Å²) in [4.78, 5) is 25.7. The second kappa shape index (κ2) is 21.8. The van der Waals surface area contributed by atoms with Crippen LogP contribution >= 0.6 is 8.53 Å². The fourth-order valence-electron chi connectivity index (χ4n) is 8.33. The molecule has 1 aliphatic heterocycles. The van der Waals surface area contributed by atoms with E-state index in [2.05, 4.69) is 64.8 Å². The first-order valence-corrected chi connectivity index (χ1v) is 22.7. The summed E-state index contributed by atoms with van der Waals surface area (Å²) in [5.74, 6) is 1.22. The van der Waals surface area contributed by atoms with Crippen LogP contribution in [0.2, 0.25) is 0 Å². The van der Waals surface area contributed by atoms with Crippen molar-refractivity contribution in [1.82, 2.24) is 24.2 Å². The maximum atomic E-state index is 12.2. The molecular weight excluding hydrogens is 868 g/mol. The summed E-state index contributed by atoms with van der Waals surface area (Å²) in [5.41, 5.74) is 0.335. The number of anilines is 1. The van der Waals surface area contributed by atoms with Crippen molar-refractivity contribution in [2.45, 2.75) is 95.3 Å². The lowest BCUT2D eigenvalue weighted by Gasteiger charge is -2.41. The summed E-state index contributed by atoms with van der Waals surface area (Å²) in [7, 11) is 1.29. The van der Waals surface area contributed by atoms with Crippen LogP contribution in [0, 0.1) is 22.7 Å². The van der Waals surface area contributed by atoms with E-state index >= 15 is 0 Å². The summed E-state index contributed by atoms with van der Waals surface area (Å²) in [6.45, 7) is 9.46. The molecule has 2 aliphatic rings. The van der Waals surface area contributed by atoms with Crippen molar-refractivity contribution in [1.29, 1.82) is 10.5 Å². The van der Waals surface area contributed by atoms with Gasteiger partial charge in [-0.1, -0.05) is 54.6 Å². The Bertz CT molecular complexity index is 2410. The molecule has 1 N–H and O–H groups in total. The number of methoxy groups -OCH3 is 2. The van der Waals surface area contributed by atoms with Crippen molar-refractivity contribution in [3.05, 3.63) is 108 Å². The van der Waals surface area contributed by atoms with Crippen molar-refractivity contribution in [3.8, 4) is 23.6 Å². The van der Waals surface area contributed by atoms with Gasteiger partial charge in [0.05, 0.1) is 58.7 Å². The topological polar surface area (TPSA) is 207 Å². The van der Waals surface area contributed by atoms with E-state index in [4.69, 9.17) is 47.5 Å². The van der Waals surface area contributed by atoms with E-state index in [1.54, 1.807) is 25.1 Å². The Labute approximate surface area is 385 Å². The van der Waals surface area contributed by atoms with Crippen molar-refractivity contribution in [2.24, 2.45) is 0 Å². The largest absolute Gasteiger partial charge is 0.497 e. The van der Waals surface area contributed by atoms with E-state index in [9.17, 15) is 10.1 Å². The second-order valence-electron chi connectivity index (χ2n) is 16.1. The van der Waals surface area contributed by atoms with Crippen LogP contribution in [0.5, 0.6) is 11.5 Å². The third-order valence-electron chi connectivity index (χ3n) is 11.2. The zero-order valence-electron chi connectivity index (χ0n) is 38.0. The molecule has 3 aromatic carbocycles. The normalized spacial score (nSPS) is 20.5. The van der Waals surface area contributed by atoms with E-state index in [-0.39, 0.29) is 63.5 Å². The molecule has 1 saturated heterocycles. The molecule has 18 nitrogen and oxygen atoms in total. The Kier molecular flexibility index (Phi) is 15.9. The molecule has 0 radical (unpaired) electrons. The van der Waals surface area contributed by atoms with Crippen LogP contribution in [-0.4, -0.2) is 107 Å². The van der Waals surface area contributed by atoms with Gasteiger partial charge in [-0.05, 0) is 68.7 Å². The fourth-order valence-corrected chi connectivity index (χ4v) is 10.2. The molecule has 19 heteroatoms. The predicted octanol–water partition coefficient (Wildman–Crippen LogP) is 7.37. The summed E-state index contributed by atoms with van der Waals surface area (Å²) in [6.07, 6.45) is -0.452. The molecule has 5 aromatic rings. The highest BCUT2D eigenvalue weighted by Gasteiger charge is 2.82. The Morgan fingerprint density at radius 2 is 1.47 bits per heavy atom. The van der Waals surface area contributed by atoms with Gasteiger partial charge in [-0.2, -0.15) is 10.5 Å². The fraction of sp³-hybridized carbons (Fsp3) is 0.447. The SMILES string of the molecule is COc1ccc(C(OC2[C@H]3O[C@@H](n4cnc5c(NC(C)=O)ncnc54)C(OCOCOCCC#N)[C@]23OP(OCCC#N)N(C(C)C)C(C)C)(c2ccccc2)c2ccc(OC)cc2)cc1. The Balaban J connectivity index is 1.41. The smallest absolute Gasteiger partial charge is 0.260 e. The highest BCUT2D eigenvalue weighted by atomic mass is 31.2. The van der Waals surface area contributed by atoms with Gasteiger partial charge in [-0.25, -0.2) is 19.6 Å². The molecule has 1 aliphatic carbocycles. The maximum Gasteiger partial charge on any atom is 0.260 e. The highest BCUT2D eigenvalue weighted by Crippen LogP contribution is 2.67. The number of rotatable bonds is 24. The number of imidazole rings is 1. The standard InChI is InChI=1S/C47H55N8O10P/c1-31(2)55(32(3)4)66(62-26-12-24-49)65-47-40(63-45(42(47)61-30-60-29-59-25-11-23-48)54-28-52-39-43(53-33(5)56)50-27-51-44(39)54)41(47)64-46(34-13-9-8-10-14-34,35-15-19-37(57-6)20-16-35)36-17-21-38(58-7)22-18-36/h8-10,13-22,27-28,31-32,40-42,45H,11-12,25-26,29-30H2,1-7H3,(H,50,51,53,56)/t40-,41?,42?,45-,47-,66?/m1/s1. The van der Waals surface area contributed by atoms with Crippen LogP contribution in [-0.2, 0) is 43.1 Å². The van der Waals surface area contributed by atoms with Crippen molar-refractivity contribution in [3.63, 3.8) is 0 Å². The monoisotopic (exact) mass is 922 g/mol. The van der Waals surface area contributed by atoms with E-state index in [0.29, 0.717) is 22.7 Å². The van der Waals surface area contributed by atoms with Crippen LogP contribution in [0.15, 0.2) is 91.5 Å². The summed E-state index contributed by atoms with van der Waals surface area (Å²) >= 11 is 0. The van der Waals surface area contributed by atoms with Crippen molar-refractivity contribution < 1.29 is 47.0 Å². The molecule has 66 heavy (non-hydrogen) atoms. The third kappa shape index (κ3) is 9.89. The van der Waals surface area contributed by atoms with Gasteiger partial charge in [0.15, 0.2) is 28.8 Å². The van der Waals surface area contributed by atoms with E-state index < -0.39 is 44.3 Å². The average molecular weight is 923 g/mol. The lowest BCUT2D eigenvalue weighted by atomic mass is 9.80. The summed E-state index contributed by atoms with van der Waals surface area (Å²) < 4.78 is 62.2. The number of nitrogens with one attached hydrogen (secondary N) is 1. The number of carbonyl (C=O) groups excluding carboxylic acids is 1. The number of hydrogen-bond donors (Lipinski definition) is 1. The van der Waals surface area contributed by atoms with E-state index in [0.717, 1.165) is 16.7 Å². The van der Waals surface area contributed by atoms with Gasteiger partial charge in [0.2, 0.25) is 5.91 Å². The molecule has 1 amide bonds. The molecule has 3 heterocycles. The number of hydrogen-bond acceptors (Lipinski definition) is 16. The van der Waals surface area contributed by atoms with Crippen LogP contribution in [0.3, 0.4) is 0 Å². The van der Waals surface area contributed by atoms with Gasteiger partial charge in [-0.15, -0.1) is 0 Å². The number of aromatic nitrogens is 4. The minimum atomic E-state index is -1.94. The highest BCUT2D eigenvalue weighted by molar-refractivity contribution is 7.44. The van der Waals surface area contributed by atoms with Gasteiger partial charge in [0.25, 0.3) is 8.53 Å². The zero-order chi connectivity index (χ0) is 46.8. The summed E-state index contributed by atoms with van der Waals surface area (Å²) in [6, 6.07) is 29.5. The molecule has 2 fully saturated rings. The zero-order valence-corrected chi connectivity index (χ0v) is 38.9. The van der Waals surface area contributed by atoms with Crippen LogP contribution in [0.4, 0.5) is 5.82 Å². The van der Waals surface area contributed by atoms with E-state index in [1.807, 2.05) is 78.9 Å². The number of nitrogens with zero attached hydrogens (tertiary/aromatic N) is 7. The van der Waals surface area contributed by atoms with Crippen molar-refractivity contribution >= 4 is 31.4 Å². The van der Waals surface area contributed by atoms with Crippen LogP contribution in [0.25, 0.3) is 11.2 Å². The average Bonchev–Trinajstić information content (AvgIpc) is 3.54. The quantitative estimate of drug-likeness (QED) is 0.0277. The molecule has 348 valence electrons. The Morgan fingerprint density at radius 1 is 0.848 bits per heavy atom. The van der Waals surface area contributed by atoms with Crippen LogP contribution < -0.4 is 14.8 Å². The predicted molar refractivity (Wildman–Crippen MR) is 242 cm³/mol. The molecule has 2 aromatic heterocycles. The maximum absolute atomic E-state index is 12.2. The number of fused-ring (bicyclic) bond motifs is 2.